The lowest BCUT2D eigenvalue weighted by molar-refractivity contribution is 0.174. The van der Waals surface area contributed by atoms with Gasteiger partial charge >= 0.3 is 0 Å². The van der Waals surface area contributed by atoms with Crippen LogP contribution in [0.5, 0.6) is 11.5 Å². The van der Waals surface area contributed by atoms with Gasteiger partial charge in [0.15, 0.2) is 11.5 Å². The quantitative estimate of drug-likeness (QED) is 0.841. The van der Waals surface area contributed by atoms with E-state index < -0.39 is 0 Å². The van der Waals surface area contributed by atoms with Crippen LogP contribution < -0.4 is 15.2 Å². The lowest BCUT2D eigenvalue weighted by Gasteiger charge is -2.05. The summed E-state index contributed by atoms with van der Waals surface area (Å²) in [6, 6.07) is 5.70. The Balaban J connectivity index is 2.12. The number of nitrogens with two attached hydrogens (primary N) is 1. The highest BCUT2D eigenvalue weighted by Gasteiger charge is 2.19. The van der Waals surface area contributed by atoms with Gasteiger partial charge in [-0.2, -0.15) is 0 Å². The van der Waals surface area contributed by atoms with Gasteiger partial charge in [0.1, 0.15) is 0 Å². The second kappa shape index (κ2) is 4.03. The van der Waals surface area contributed by atoms with Crippen molar-refractivity contribution in [3.63, 3.8) is 0 Å². The van der Waals surface area contributed by atoms with E-state index in [2.05, 4.69) is 9.97 Å². The van der Waals surface area contributed by atoms with Gasteiger partial charge in [-0.15, -0.1) is 0 Å². The van der Waals surface area contributed by atoms with Gasteiger partial charge < -0.3 is 15.2 Å². The molecule has 17 heavy (non-hydrogen) atoms. The van der Waals surface area contributed by atoms with Crippen molar-refractivity contribution < 1.29 is 9.47 Å². The maximum absolute atomic E-state index is 5.55. The Morgan fingerprint density at radius 2 is 2.18 bits per heavy atom. The maximum Gasteiger partial charge on any atom is 0.231 e. The number of hydrogen-bond donors (Lipinski definition) is 1. The highest BCUT2D eigenvalue weighted by molar-refractivity contribution is 5.71. The Kier molecular flexibility index (Phi) is 2.38. The van der Waals surface area contributed by atoms with Crippen LogP contribution in [0, 0.1) is 0 Å². The summed E-state index contributed by atoms with van der Waals surface area (Å²) in [4.78, 5) is 8.53. The smallest absolute Gasteiger partial charge is 0.231 e. The van der Waals surface area contributed by atoms with Gasteiger partial charge in [0.05, 0.1) is 17.6 Å². The lowest BCUT2D eigenvalue weighted by Crippen LogP contribution is -2.01. The predicted molar refractivity (Wildman–Crippen MR) is 61.5 cm³/mol. The van der Waals surface area contributed by atoms with Crippen molar-refractivity contribution in [1.29, 1.82) is 0 Å². The van der Waals surface area contributed by atoms with Crippen molar-refractivity contribution in [2.75, 3.05) is 6.79 Å². The molecule has 2 heterocycles. The summed E-state index contributed by atoms with van der Waals surface area (Å²) >= 11 is 0. The molecule has 86 valence electrons. The first kappa shape index (κ1) is 10.0. The van der Waals surface area contributed by atoms with E-state index in [0.29, 0.717) is 6.54 Å². The van der Waals surface area contributed by atoms with Crippen LogP contribution in [-0.4, -0.2) is 16.8 Å². The van der Waals surface area contributed by atoms with Gasteiger partial charge in [-0.05, 0) is 12.1 Å². The first-order chi connectivity index (χ1) is 8.38. The second-order valence-electron chi connectivity index (χ2n) is 3.64. The number of fused-ring (bicyclic) bond motifs is 1. The molecule has 1 aliphatic rings. The van der Waals surface area contributed by atoms with E-state index in [1.54, 1.807) is 12.4 Å². The minimum Gasteiger partial charge on any atom is -0.454 e. The molecule has 0 unspecified atom stereocenters. The molecule has 1 aromatic carbocycles. The summed E-state index contributed by atoms with van der Waals surface area (Å²) in [6.07, 6.45) is 3.35. The normalized spacial score (nSPS) is 12.8. The van der Waals surface area contributed by atoms with Crippen LogP contribution in [0.1, 0.15) is 5.69 Å². The number of ether oxygens (including phenoxy) is 2. The van der Waals surface area contributed by atoms with Crippen LogP contribution in [0.15, 0.2) is 30.6 Å². The number of aromatic nitrogens is 2. The molecule has 0 bridgehead atoms. The molecule has 0 saturated heterocycles. The Labute approximate surface area is 98.2 Å². The van der Waals surface area contributed by atoms with E-state index >= 15 is 0 Å². The maximum atomic E-state index is 5.55. The molecule has 0 spiro atoms. The van der Waals surface area contributed by atoms with Gasteiger partial charge in [0.2, 0.25) is 6.79 Å². The number of para-hydroxylation sites is 1. The van der Waals surface area contributed by atoms with E-state index in [1.807, 2.05) is 18.2 Å². The minimum absolute atomic E-state index is 0.246. The molecule has 0 saturated carbocycles. The van der Waals surface area contributed by atoms with Crippen LogP contribution >= 0.6 is 0 Å². The number of benzene rings is 1. The Hall–Kier alpha value is -2.14. The van der Waals surface area contributed by atoms with Crippen molar-refractivity contribution in [2.24, 2.45) is 5.73 Å². The van der Waals surface area contributed by atoms with Crippen LogP contribution in [0.3, 0.4) is 0 Å². The molecule has 5 nitrogen and oxygen atoms in total. The average Bonchev–Trinajstić information content (AvgIpc) is 2.87. The third kappa shape index (κ3) is 1.70. The fourth-order valence-electron chi connectivity index (χ4n) is 1.77. The molecular weight excluding hydrogens is 218 g/mol. The monoisotopic (exact) mass is 229 g/mol. The lowest BCUT2D eigenvalue weighted by atomic mass is 10.1. The Morgan fingerprint density at radius 1 is 1.24 bits per heavy atom. The minimum atomic E-state index is 0.246. The van der Waals surface area contributed by atoms with Gasteiger partial charge in [-0.3, -0.25) is 4.98 Å². The number of hydrogen-bond acceptors (Lipinski definition) is 5. The molecular formula is C12H11N3O2. The molecule has 2 aromatic rings. The van der Waals surface area contributed by atoms with Gasteiger partial charge in [-0.1, -0.05) is 6.07 Å². The van der Waals surface area contributed by atoms with E-state index in [1.165, 1.54) is 0 Å². The Bertz CT molecular complexity index is 557. The zero-order chi connectivity index (χ0) is 11.7. The highest BCUT2D eigenvalue weighted by Crippen LogP contribution is 2.40. The van der Waals surface area contributed by atoms with Crippen molar-refractivity contribution in [2.45, 2.75) is 6.54 Å². The largest absolute Gasteiger partial charge is 0.454 e. The molecule has 0 aliphatic carbocycles. The summed E-state index contributed by atoms with van der Waals surface area (Å²) < 4.78 is 10.8. The van der Waals surface area contributed by atoms with E-state index in [-0.39, 0.29) is 6.79 Å². The number of nitrogens with zero attached hydrogens (tertiary/aromatic N) is 2. The van der Waals surface area contributed by atoms with Crippen molar-refractivity contribution in [3.8, 4) is 22.8 Å². The number of rotatable bonds is 2. The Morgan fingerprint density at radius 3 is 3.06 bits per heavy atom. The van der Waals surface area contributed by atoms with Gasteiger partial charge in [0.25, 0.3) is 0 Å². The summed E-state index contributed by atoms with van der Waals surface area (Å²) in [5, 5.41) is 0. The molecule has 0 fully saturated rings. The fourth-order valence-corrected chi connectivity index (χ4v) is 1.77. The van der Waals surface area contributed by atoms with Crippen molar-refractivity contribution in [3.05, 3.63) is 36.3 Å². The van der Waals surface area contributed by atoms with Crippen LogP contribution in [0.4, 0.5) is 0 Å². The molecule has 5 heteroatoms. The van der Waals surface area contributed by atoms with Crippen LogP contribution in [-0.2, 0) is 6.54 Å². The average molecular weight is 229 g/mol. The van der Waals surface area contributed by atoms with Gasteiger partial charge in [0, 0.05) is 18.3 Å². The summed E-state index contributed by atoms with van der Waals surface area (Å²) in [5.74, 6) is 1.46. The first-order valence-electron chi connectivity index (χ1n) is 5.28. The van der Waals surface area contributed by atoms with E-state index in [4.69, 9.17) is 15.2 Å². The van der Waals surface area contributed by atoms with E-state index in [0.717, 1.165) is 28.5 Å². The SMILES string of the molecule is NCc1cncc(-c2cccc3c2OCO3)n1. The molecule has 1 aromatic heterocycles. The summed E-state index contributed by atoms with van der Waals surface area (Å²) in [5.41, 5.74) is 7.92. The molecule has 2 N–H and O–H groups in total. The molecule has 0 amide bonds. The topological polar surface area (TPSA) is 70.3 Å². The highest BCUT2D eigenvalue weighted by atomic mass is 16.7. The molecule has 1 aliphatic heterocycles. The van der Waals surface area contributed by atoms with Crippen LogP contribution in [0.2, 0.25) is 0 Å². The molecule has 0 radical (unpaired) electrons. The standard InChI is InChI=1S/C12H11N3O2/c13-4-8-5-14-6-10(15-8)9-2-1-3-11-12(9)17-7-16-11/h1-3,5-6H,4,7,13H2. The van der Waals surface area contributed by atoms with Crippen molar-refractivity contribution in [1.82, 2.24) is 9.97 Å². The molecule has 3 rings (SSSR count). The molecule has 0 atom stereocenters. The third-order valence-electron chi connectivity index (χ3n) is 2.57. The third-order valence-corrected chi connectivity index (χ3v) is 2.57. The second-order valence-corrected chi connectivity index (χ2v) is 3.64. The predicted octanol–water partition coefficient (Wildman–Crippen LogP) is 1.33. The summed E-state index contributed by atoms with van der Waals surface area (Å²) in [7, 11) is 0. The zero-order valence-electron chi connectivity index (χ0n) is 9.09. The summed E-state index contributed by atoms with van der Waals surface area (Å²) in [6.45, 7) is 0.615. The first-order valence-corrected chi connectivity index (χ1v) is 5.28. The zero-order valence-corrected chi connectivity index (χ0v) is 9.09. The van der Waals surface area contributed by atoms with Gasteiger partial charge in [-0.25, -0.2) is 4.98 Å². The fraction of sp³-hybridized carbons (Fsp3) is 0.167. The van der Waals surface area contributed by atoms with E-state index in [9.17, 15) is 0 Å². The van der Waals surface area contributed by atoms with Crippen molar-refractivity contribution >= 4 is 0 Å². The van der Waals surface area contributed by atoms with Crippen LogP contribution in [0.25, 0.3) is 11.3 Å².